The molecule has 1 saturated carbocycles. The topological polar surface area (TPSA) is 132 Å². The van der Waals surface area contributed by atoms with Gasteiger partial charge in [0, 0.05) is 19.3 Å². The quantitative estimate of drug-likeness (QED) is 0.0367. The summed E-state index contributed by atoms with van der Waals surface area (Å²) in [6, 6.07) is 0. The third-order valence-corrected chi connectivity index (χ3v) is 22.1. The zero-order chi connectivity index (χ0) is 77.5. The maximum absolute atomic E-state index is 11.3. The number of carbonyl (C=O) groups excluding carboxylic acids is 3. The van der Waals surface area contributed by atoms with E-state index in [9.17, 15) is 34.8 Å². The summed E-state index contributed by atoms with van der Waals surface area (Å²) in [5, 5.41) is 38.5. The van der Waals surface area contributed by atoms with Gasteiger partial charge in [-0.1, -0.05) is 276 Å². The van der Waals surface area contributed by atoms with Crippen LogP contribution in [0.25, 0.3) is 0 Å². The van der Waals surface area contributed by atoms with Crippen molar-refractivity contribution in [2.75, 3.05) is 0 Å². The second-order valence-corrected chi connectivity index (χ2v) is 34.6. The van der Waals surface area contributed by atoms with Crippen molar-refractivity contribution in [3.8, 4) is 0 Å². The lowest BCUT2D eigenvalue weighted by molar-refractivity contribution is -0.116. The molecule has 7 nitrogen and oxygen atoms in total. The lowest BCUT2D eigenvalue weighted by Crippen LogP contribution is -2.18. The van der Waals surface area contributed by atoms with Crippen LogP contribution in [0.4, 0.5) is 0 Å². The predicted octanol–water partition coefficient (Wildman–Crippen LogP) is 27.9. The third-order valence-electron chi connectivity index (χ3n) is 22.1. The Morgan fingerprint density at radius 2 is 0.760 bits per heavy atom. The molecule has 7 aliphatic carbocycles. The van der Waals surface area contributed by atoms with Crippen LogP contribution in [-0.4, -0.2) is 62.2 Å². The number of aliphatic hydroxyl groups is 4. The number of aliphatic hydroxyl groups excluding tert-OH is 4. The average molecular weight is 1450 g/mol. The van der Waals surface area contributed by atoms with E-state index in [0.29, 0.717) is 46.9 Å². The van der Waals surface area contributed by atoms with E-state index in [2.05, 4.69) is 148 Å². The number of ketones is 3. The van der Waals surface area contributed by atoms with E-state index in [4.69, 9.17) is 0 Å². The van der Waals surface area contributed by atoms with Crippen LogP contribution in [0.5, 0.6) is 0 Å². The van der Waals surface area contributed by atoms with E-state index in [0.717, 1.165) is 120 Å². The van der Waals surface area contributed by atoms with Crippen molar-refractivity contribution < 1.29 is 34.8 Å². The standard InChI is InChI=1S/C20H34O.C14H26O.C14H24O.C13H22O.C13H20O.C12H22O.C11H20O/c1-16(2)8-5-9-17(3)10-6-11-18(4)14-15-19-12-7-13-20(19)21;2*1-3-4-5-6-7-8-13-9-12(2)10-14(15)11-13;2*1-3-4-5-6-7-12-8-11(2)9-13(14)10-12;1-3-4-5-6-11-7-10(2)8-12(13)9-11;1-8(2)4-10-5-9(3)6-11(12)7-10/h8,10,14,19-21H,5-7,9,11-13,15H2,1-4H3;10,13-15H,3-9,11H2,1-2H3;10,13H,3-9,11H2,1-2H3;9,12H,3-8,10H2,1-2H3;4-5,9,12H,3,6-8,10H2,1-2H3;8,11-13H,3-7,9H2,1-2H3;6,8,10-12H,4-5,7H2,1-3H3/b17-10+,18-14+;;;;5-4-;;. The predicted molar refractivity (Wildman–Crippen MR) is 453 cm³/mol. The van der Waals surface area contributed by atoms with Crippen molar-refractivity contribution >= 4 is 17.3 Å². The molecular formula is C97H168O7. The van der Waals surface area contributed by atoms with Gasteiger partial charge < -0.3 is 20.4 Å². The smallest absolute Gasteiger partial charge is 0.155 e. The van der Waals surface area contributed by atoms with Crippen LogP contribution in [-0.2, 0) is 14.4 Å². The maximum atomic E-state index is 11.3. The molecule has 0 heterocycles. The first-order valence-electron chi connectivity index (χ1n) is 43.6. The van der Waals surface area contributed by atoms with Crippen molar-refractivity contribution in [1.82, 2.24) is 0 Å². The summed E-state index contributed by atoms with van der Waals surface area (Å²) < 4.78 is 0. The van der Waals surface area contributed by atoms with E-state index in [1.807, 2.05) is 30.4 Å². The van der Waals surface area contributed by atoms with E-state index in [1.165, 1.54) is 236 Å². The first-order chi connectivity index (χ1) is 49.7. The Labute approximate surface area is 644 Å². The largest absolute Gasteiger partial charge is 0.393 e. The fraction of sp³-hybridized carbons (Fsp3) is 0.763. The van der Waals surface area contributed by atoms with Gasteiger partial charge >= 0.3 is 0 Å². The van der Waals surface area contributed by atoms with Crippen LogP contribution in [0.3, 0.4) is 0 Å². The van der Waals surface area contributed by atoms with E-state index in [1.54, 1.807) is 6.08 Å². The molecule has 104 heavy (non-hydrogen) atoms. The molecular weight excluding hydrogens is 1280 g/mol. The van der Waals surface area contributed by atoms with Crippen LogP contribution in [0.2, 0.25) is 0 Å². The molecule has 0 aliphatic heterocycles. The molecule has 1 fully saturated rings. The highest BCUT2D eigenvalue weighted by Gasteiger charge is 2.25. The zero-order valence-electron chi connectivity index (χ0n) is 71.1. The van der Waals surface area contributed by atoms with Crippen molar-refractivity contribution in [1.29, 1.82) is 0 Å². The van der Waals surface area contributed by atoms with E-state index in [-0.39, 0.29) is 24.4 Å². The Balaban J connectivity index is 0.000000611. The van der Waals surface area contributed by atoms with Crippen LogP contribution < -0.4 is 0 Å². The number of hydrogen-bond donors (Lipinski definition) is 4. The molecule has 0 amide bonds. The molecule has 0 aromatic rings. The summed E-state index contributed by atoms with van der Waals surface area (Å²) in [5.74, 6) is 6.35. The Kier molecular flexibility index (Phi) is 58.6. The van der Waals surface area contributed by atoms with Gasteiger partial charge in [-0.3, -0.25) is 14.4 Å². The lowest BCUT2D eigenvalue weighted by Gasteiger charge is -2.25. The average Bonchev–Trinajstić information content (AvgIpc) is 1.14. The minimum absolute atomic E-state index is 0.0498. The third kappa shape index (κ3) is 54.8. The number of rotatable bonds is 35. The molecule has 7 aliphatic rings. The van der Waals surface area contributed by atoms with Gasteiger partial charge in [0.1, 0.15) is 0 Å². The first kappa shape index (κ1) is 98.3. The van der Waals surface area contributed by atoms with Crippen LogP contribution in [0, 0.1) is 47.3 Å². The molecule has 11 atom stereocenters. The summed E-state index contributed by atoms with van der Waals surface area (Å²) in [6.45, 7) is 37.0. The normalized spacial score (nSPS) is 24.9. The first-order valence-corrected chi connectivity index (χ1v) is 43.6. The van der Waals surface area contributed by atoms with Crippen molar-refractivity contribution in [3.63, 3.8) is 0 Å². The highest BCUT2D eigenvalue weighted by molar-refractivity contribution is 5.92. The Hall–Kier alpha value is -3.75. The second kappa shape index (κ2) is 62.1. The van der Waals surface area contributed by atoms with Gasteiger partial charge in [-0.05, 0) is 276 Å². The van der Waals surface area contributed by atoms with Crippen molar-refractivity contribution in [2.45, 2.75) is 431 Å². The molecule has 0 radical (unpaired) electrons. The van der Waals surface area contributed by atoms with E-state index < -0.39 is 0 Å². The SMILES string of the molecule is CC(C)=CCC/C(C)=C/CC/C(C)=C/CC1CCCC1O.CC/C=C\CCC1CC(=O)C=C(C)C1.CC1=CC(O)CC(CC(C)C)C1.CCCCCC1CC(C)=CC(O)C1.CCCCCCC1CC(=O)C=C(C)C1.CCCCCCCC1CC(=O)C=C(C)C1.CCCCCCCC1CC(C)=CC(O)C1. The molecule has 7 heteroatoms. The minimum atomic E-state index is -0.178. The molecule has 0 bridgehead atoms. The second-order valence-electron chi connectivity index (χ2n) is 34.6. The monoisotopic (exact) mass is 1450 g/mol. The Morgan fingerprint density at radius 1 is 0.404 bits per heavy atom. The van der Waals surface area contributed by atoms with Crippen LogP contribution >= 0.6 is 0 Å². The lowest BCUT2D eigenvalue weighted by atomic mass is 9.83. The van der Waals surface area contributed by atoms with Gasteiger partial charge in [-0.15, -0.1) is 0 Å². The molecule has 4 N–H and O–H groups in total. The minimum Gasteiger partial charge on any atom is -0.393 e. The van der Waals surface area contributed by atoms with Gasteiger partial charge in [0.15, 0.2) is 17.3 Å². The Bertz CT molecular complexity index is 2590. The van der Waals surface area contributed by atoms with Crippen LogP contribution in [0.15, 0.2) is 117 Å². The number of carbonyl (C=O) groups is 3. The fourth-order valence-corrected chi connectivity index (χ4v) is 16.8. The molecule has 598 valence electrons. The molecule has 7 rings (SSSR count). The molecule has 0 spiro atoms. The van der Waals surface area contributed by atoms with Crippen molar-refractivity contribution in [3.05, 3.63) is 117 Å². The number of allylic oxidation sites excluding steroid dienone is 17. The highest BCUT2D eigenvalue weighted by atomic mass is 16.3. The van der Waals surface area contributed by atoms with Crippen molar-refractivity contribution in [2.24, 2.45) is 47.3 Å². The van der Waals surface area contributed by atoms with Gasteiger partial charge in [0.2, 0.25) is 0 Å². The zero-order valence-corrected chi connectivity index (χ0v) is 71.1. The summed E-state index contributed by atoms with van der Waals surface area (Å²) in [6.07, 6.45) is 76.4. The summed E-state index contributed by atoms with van der Waals surface area (Å²) in [4.78, 5) is 33.9. The van der Waals surface area contributed by atoms with E-state index >= 15 is 0 Å². The van der Waals surface area contributed by atoms with Gasteiger partial charge in [0.25, 0.3) is 0 Å². The maximum Gasteiger partial charge on any atom is 0.155 e. The van der Waals surface area contributed by atoms with Gasteiger partial charge in [-0.25, -0.2) is 0 Å². The van der Waals surface area contributed by atoms with Crippen LogP contribution in [0.1, 0.15) is 407 Å². The summed E-state index contributed by atoms with van der Waals surface area (Å²) >= 11 is 0. The highest BCUT2D eigenvalue weighted by Crippen LogP contribution is 2.34. The molecule has 0 aromatic heterocycles. The molecule has 0 aromatic carbocycles. The molecule has 0 saturated heterocycles. The summed E-state index contributed by atoms with van der Waals surface area (Å²) in [7, 11) is 0. The number of hydrogen-bond acceptors (Lipinski definition) is 7. The fourth-order valence-electron chi connectivity index (χ4n) is 16.8. The van der Waals surface area contributed by atoms with Gasteiger partial charge in [-0.2, -0.15) is 0 Å². The van der Waals surface area contributed by atoms with Gasteiger partial charge in [0.05, 0.1) is 24.4 Å². The number of unbranched alkanes of at least 4 members (excludes halogenated alkanes) is 13. The molecule has 11 unspecified atom stereocenters. The summed E-state index contributed by atoms with van der Waals surface area (Å²) in [5.41, 5.74) is 12.3. The Morgan fingerprint density at radius 3 is 1.14 bits per heavy atom.